The molecule has 1 aliphatic carbocycles. The van der Waals surface area contributed by atoms with Gasteiger partial charge in [-0.25, -0.2) is 9.78 Å². The molecular formula is C23H18N2O2S. The molecule has 1 aliphatic rings. The van der Waals surface area contributed by atoms with Crippen LogP contribution in [0.3, 0.4) is 0 Å². The highest BCUT2D eigenvalue weighted by Gasteiger charge is 2.24. The number of aromatic nitrogens is 2. The van der Waals surface area contributed by atoms with Crippen LogP contribution in [0.25, 0.3) is 21.5 Å². The van der Waals surface area contributed by atoms with Crippen LogP contribution in [0.2, 0.25) is 0 Å². The van der Waals surface area contributed by atoms with Gasteiger partial charge in [0.25, 0.3) is 0 Å². The third-order valence-corrected chi connectivity index (χ3v) is 5.99. The third kappa shape index (κ3) is 3.08. The molecule has 138 valence electrons. The molecule has 0 bridgehead atoms. The van der Waals surface area contributed by atoms with Crippen LogP contribution in [0, 0.1) is 0 Å². The number of para-hydroxylation sites is 1. The Labute approximate surface area is 166 Å². The number of nitrogens with zero attached hydrogens (tertiary/aromatic N) is 2. The van der Waals surface area contributed by atoms with Gasteiger partial charge in [-0.15, -0.1) is 11.3 Å². The van der Waals surface area contributed by atoms with Crippen LogP contribution < -0.4 is 0 Å². The van der Waals surface area contributed by atoms with E-state index in [-0.39, 0.29) is 12.6 Å². The maximum absolute atomic E-state index is 13.0. The van der Waals surface area contributed by atoms with E-state index >= 15 is 0 Å². The van der Waals surface area contributed by atoms with Gasteiger partial charge in [0.2, 0.25) is 0 Å². The van der Waals surface area contributed by atoms with Gasteiger partial charge >= 0.3 is 5.97 Å². The molecule has 28 heavy (non-hydrogen) atoms. The maximum Gasteiger partial charge on any atom is 0.339 e. The SMILES string of the molecule is O=C(OCc1csc(-c2ccccc2)n1)c1c2c(nc3ccccc13)CCC2. The Kier molecular flexibility index (Phi) is 4.37. The van der Waals surface area contributed by atoms with Crippen LogP contribution >= 0.6 is 11.3 Å². The minimum atomic E-state index is -0.286. The van der Waals surface area contributed by atoms with E-state index in [9.17, 15) is 4.79 Å². The highest BCUT2D eigenvalue weighted by molar-refractivity contribution is 7.13. The number of esters is 1. The second kappa shape index (κ2) is 7.17. The number of pyridine rings is 1. The summed E-state index contributed by atoms with van der Waals surface area (Å²) in [5, 5.41) is 3.75. The minimum Gasteiger partial charge on any atom is -0.456 e. The van der Waals surface area contributed by atoms with Crippen LogP contribution in [0.5, 0.6) is 0 Å². The molecule has 0 N–H and O–H groups in total. The van der Waals surface area contributed by atoms with Gasteiger partial charge in [0.1, 0.15) is 11.6 Å². The van der Waals surface area contributed by atoms with Crippen molar-refractivity contribution in [1.82, 2.24) is 9.97 Å². The number of thiazole rings is 1. The lowest BCUT2D eigenvalue weighted by Crippen LogP contribution is -2.10. The summed E-state index contributed by atoms with van der Waals surface area (Å²) < 4.78 is 5.67. The molecule has 5 rings (SSSR count). The largest absolute Gasteiger partial charge is 0.456 e. The first-order valence-corrected chi connectivity index (χ1v) is 10.2. The molecule has 2 aromatic heterocycles. The molecule has 2 heterocycles. The van der Waals surface area contributed by atoms with Crippen molar-refractivity contribution in [2.24, 2.45) is 0 Å². The van der Waals surface area contributed by atoms with Gasteiger partial charge in [-0.2, -0.15) is 0 Å². The van der Waals surface area contributed by atoms with Gasteiger partial charge in [-0.05, 0) is 30.9 Å². The summed E-state index contributed by atoms with van der Waals surface area (Å²) in [6, 6.07) is 17.8. The molecule has 0 radical (unpaired) electrons. The van der Waals surface area contributed by atoms with Crippen LogP contribution in [0.1, 0.15) is 33.7 Å². The number of aryl methyl sites for hydroxylation is 1. The zero-order valence-electron chi connectivity index (χ0n) is 15.2. The monoisotopic (exact) mass is 386 g/mol. The Hall–Kier alpha value is -3.05. The molecule has 2 aromatic carbocycles. The Morgan fingerprint density at radius 1 is 1.00 bits per heavy atom. The number of carbonyl (C=O) groups is 1. The number of rotatable bonds is 4. The number of ether oxygens (including phenoxy) is 1. The normalized spacial score (nSPS) is 12.9. The number of hydrogen-bond donors (Lipinski definition) is 0. The lowest BCUT2D eigenvalue weighted by Gasteiger charge is -2.11. The van der Waals surface area contributed by atoms with Gasteiger partial charge in [-0.1, -0.05) is 48.5 Å². The van der Waals surface area contributed by atoms with Crippen molar-refractivity contribution < 1.29 is 9.53 Å². The summed E-state index contributed by atoms with van der Waals surface area (Å²) in [5.74, 6) is -0.286. The van der Waals surface area contributed by atoms with Gasteiger partial charge in [0.15, 0.2) is 0 Å². The highest BCUT2D eigenvalue weighted by atomic mass is 32.1. The van der Waals surface area contributed by atoms with Gasteiger partial charge in [-0.3, -0.25) is 4.98 Å². The minimum absolute atomic E-state index is 0.174. The number of hydrogen-bond acceptors (Lipinski definition) is 5. The van der Waals surface area contributed by atoms with E-state index in [0.717, 1.165) is 57.7 Å². The van der Waals surface area contributed by atoms with E-state index in [0.29, 0.717) is 5.56 Å². The lowest BCUT2D eigenvalue weighted by molar-refractivity contribution is 0.0469. The summed E-state index contributed by atoms with van der Waals surface area (Å²) >= 11 is 1.56. The Morgan fingerprint density at radius 2 is 1.82 bits per heavy atom. The molecule has 5 heteroatoms. The van der Waals surface area contributed by atoms with Crippen LogP contribution in [-0.2, 0) is 24.2 Å². The van der Waals surface area contributed by atoms with Crippen molar-refractivity contribution in [1.29, 1.82) is 0 Å². The fraction of sp³-hybridized carbons (Fsp3) is 0.174. The van der Waals surface area contributed by atoms with Crippen LogP contribution in [-0.4, -0.2) is 15.9 Å². The standard InChI is InChI=1S/C23H18N2O2S/c26-23(27-13-16-14-28-22(24-16)15-7-2-1-3-8-15)21-17-9-4-5-11-19(17)25-20-12-6-10-18(20)21/h1-5,7-9,11,14H,6,10,12-13H2. The van der Waals surface area contributed by atoms with Crippen molar-refractivity contribution in [3.8, 4) is 10.6 Å². The molecule has 0 saturated carbocycles. The van der Waals surface area contributed by atoms with Crippen molar-refractivity contribution >= 4 is 28.2 Å². The first-order valence-electron chi connectivity index (χ1n) is 9.37. The quantitative estimate of drug-likeness (QED) is 0.452. The van der Waals surface area contributed by atoms with Gasteiger partial charge < -0.3 is 4.74 Å². The van der Waals surface area contributed by atoms with E-state index in [1.165, 1.54) is 0 Å². The summed E-state index contributed by atoms with van der Waals surface area (Å²) in [7, 11) is 0. The predicted octanol–water partition coefficient (Wildman–Crippen LogP) is 5.20. The summed E-state index contributed by atoms with van der Waals surface area (Å²) in [6.45, 7) is 0.174. The molecule has 4 aromatic rings. The topological polar surface area (TPSA) is 52.1 Å². The fourth-order valence-electron chi connectivity index (χ4n) is 3.74. The van der Waals surface area contributed by atoms with Gasteiger partial charge in [0.05, 0.1) is 16.8 Å². The van der Waals surface area contributed by atoms with Gasteiger partial charge in [0, 0.05) is 22.0 Å². The maximum atomic E-state index is 13.0. The van der Waals surface area contributed by atoms with Crippen molar-refractivity contribution in [2.45, 2.75) is 25.9 Å². The van der Waals surface area contributed by atoms with E-state index in [1.54, 1.807) is 11.3 Å². The fourth-order valence-corrected chi connectivity index (χ4v) is 4.55. The van der Waals surface area contributed by atoms with E-state index < -0.39 is 0 Å². The average Bonchev–Trinajstić information content (AvgIpc) is 3.40. The molecule has 4 nitrogen and oxygen atoms in total. The van der Waals surface area contributed by atoms with Crippen molar-refractivity contribution in [3.63, 3.8) is 0 Å². The zero-order chi connectivity index (χ0) is 18.9. The summed E-state index contributed by atoms with van der Waals surface area (Å²) in [5.41, 5.74) is 5.46. The van der Waals surface area contributed by atoms with Crippen molar-refractivity contribution in [3.05, 3.63) is 82.5 Å². The molecule has 0 spiro atoms. The Balaban J connectivity index is 1.41. The lowest BCUT2D eigenvalue weighted by atomic mass is 10.0. The van der Waals surface area contributed by atoms with Crippen LogP contribution in [0.15, 0.2) is 60.0 Å². The average molecular weight is 386 g/mol. The Morgan fingerprint density at radius 3 is 2.71 bits per heavy atom. The Bertz CT molecular complexity index is 1170. The molecule has 0 fully saturated rings. The molecule has 0 atom stereocenters. The second-order valence-electron chi connectivity index (χ2n) is 6.87. The second-order valence-corrected chi connectivity index (χ2v) is 7.73. The molecule has 0 aliphatic heterocycles. The van der Waals surface area contributed by atoms with Crippen LogP contribution in [0.4, 0.5) is 0 Å². The predicted molar refractivity (Wildman–Crippen MR) is 110 cm³/mol. The molecule has 0 saturated heterocycles. The zero-order valence-corrected chi connectivity index (χ0v) is 16.0. The summed E-state index contributed by atoms with van der Waals surface area (Å²) in [6.07, 6.45) is 2.84. The van der Waals surface area contributed by atoms with E-state index in [1.807, 2.05) is 60.0 Å². The first-order chi connectivity index (χ1) is 13.8. The highest BCUT2D eigenvalue weighted by Crippen LogP contribution is 2.31. The molecule has 0 amide bonds. The van der Waals surface area contributed by atoms with E-state index in [4.69, 9.17) is 9.72 Å². The number of fused-ring (bicyclic) bond motifs is 2. The number of carbonyl (C=O) groups excluding carboxylic acids is 1. The smallest absolute Gasteiger partial charge is 0.339 e. The first kappa shape index (κ1) is 17.1. The molecule has 0 unspecified atom stereocenters. The molecular weight excluding hydrogens is 368 g/mol. The third-order valence-electron chi connectivity index (χ3n) is 5.05. The van der Waals surface area contributed by atoms with Crippen molar-refractivity contribution in [2.75, 3.05) is 0 Å². The van der Waals surface area contributed by atoms with E-state index in [2.05, 4.69) is 4.98 Å². The summed E-state index contributed by atoms with van der Waals surface area (Å²) in [4.78, 5) is 22.3. The number of benzene rings is 2.